The quantitative estimate of drug-likeness (QED) is 0.303. The summed E-state index contributed by atoms with van der Waals surface area (Å²) in [7, 11) is -4.00. The normalized spacial score (nSPS) is 30.5. The molecule has 5 atom stereocenters. The van der Waals surface area contributed by atoms with Crippen molar-refractivity contribution >= 4 is 33.2 Å². The Labute approximate surface area is 253 Å². The van der Waals surface area contributed by atoms with Gasteiger partial charge in [0.15, 0.2) is 5.60 Å². The smallest absolute Gasteiger partial charge is 0.264 e. The molecule has 2 aromatic rings. The van der Waals surface area contributed by atoms with Crippen molar-refractivity contribution < 1.29 is 23.1 Å². The number of anilines is 1. The second-order valence-electron chi connectivity index (χ2n) is 12.0. The molecule has 0 radical (unpaired) electrons. The van der Waals surface area contributed by atoms with Crippen molar-refractivity contribution in [2.75, 3.05) is 18.0 Å². The lowest BCUT2D eigenvalue weighted by Gasteiger charge is -2.45. The van der Waals surface area contributed by atoms with Crippen molar-refractivity contribution in [2.45, 2.75) is 69.8 Å². The highest BCUT2D eigenvalue weighted by Crippen LogP contribution is 2.44. The Bertz CT molecular complexity index is 1520. The van der Waals surface area contributed by atoms with Gasteiger partial charge in [-0.15, -0.1) is 0 Å². The molecule has 3 aliphatic rings. The Morgan fingerprint density at radius 3 is 2.69 bits per heavy atom. The number of nitrogens with zero attached hydrogens (tertiary/aromatic N) is 2. The average molecular weight is 612 g/mol. The number of aryl methyl sites for hydroxylation is 1. The number of nitriles is 1. The van der Waals surface area contributed by atoms with Gasteiger partial charge in [0.05, 0.1) is 10.9 Å². The van der Waals surface area contributed by atoms with Gasteiger partial charge >= 0.3 is 0 Å². The number of nitrogens with one attached hydrogen (secondary N) is 1. The molecular weight excluding hydrogens is 574 g/mol. The summed E-state index contributed by atoms with van der Waals surface area (Å²) in [5, 5.41) is 21.2. The van der Waals surface area contributed by atoms with Gasteiger partial charge in [0, 0.05) is 29.6 Å². The van der Waals surface area contributed by atoms with E-state index in [1.54, 1.807) is 38.1 Å². The predicted molar refractivity (Wildman–Crippen MR) is 163 cm³/mol. The minimum Gasteiger partial charge on any atom is -0.487 e. The molecule has 2 heterocycles. The third-order valence-corrected chi connectivity index (χ3v) is 11.4. The molecule has 1 amide bonds. The number of fused-ring (bicyclic) bond motifs is 3. The Morgan fingerprint density at radius 2 is 1.95 bits per heavy atom. The maximum absolute atomic E-state index is 13.3. The SMILES string of the molecule is C[C@@H]1[C@@H](C)C/C=C/[C@@](O)(C#N)[C@@H]2CC[C@H]2CN2CCCCc3cc(Cl)ccc3COc3ccc(cc32)C(=O)NS1(=O)=O. The van der Waals surface area contributed by atoms with Gasteiger partial charge in [0.25, 0.3) is 5.91 Å². The molecule has 0 saturated heterocycles. The van der Waals surface area contributed by atoms with E-state index in [-0.39, 0.29) is 23.3 Å². The van der Waals surface area contributed by atoms with Crippen LogP contribution in [-0.4, -0.2) is 43.4 Å². The predicted octanol–water partition coefficient (Wildman–Crippen LogP) is 5.39. The van der Waals surface area contributed by atoms with Crippen molar-refractivity contribution in [3.8, 4) is 11.8 Å². The zero-order valence-electron chi connectivity index (χ0n) is 24.1. The summed E-state index contributed by atoms with van der Waals surface area (Å²) in [5.74, 6) is -0.673. The first-order chi connectivity index (χ1) is 20.0. The average Bonchev–Trinajstić information content (AvgIpc) is 2.97. The first-order valence-corrected chi connectivity index (χ1v) is 16.6. The summed E-state index contributed by atoms with van der Waals surface area (Å²) < 4.78 is 34.9. The van der Waals surface area contributed by atoms with Gasteiger partial charge in [-0.1, -0.05) is 30.7 Å². The lowest BCUT2D eigenvalue weighted by Crippen LogP contribution is -2.49. The molecule has 1 fully saturated rings. The van der Waals surface area contributed by atoms with Crippen molar-refractivity contribution in [3.63, 3.8) is 0 Å². The second kappa shape index (κ2) is 12.3. The van der Waals surface area contributed by atoms with Crippen molar-refractivity contribution in [1.82, 2.24) is 4.72 Å². The first kappa shape index (κ1) is 30.4. The summed E-state index contributed by atoms with van der Waals surface area (Å²) in [6.07, 6.45) is 7.77. The number of sulfonamides is 1. The van der Waals surface area contributed by atoms with E-state index in [1.165, 1.54) is 6.08 Å². The maximum atomic E-state index is 13.3. The molecule has 1 saturated carbocycles. The highest BCUT2D eigenvalue weighted by molar-refractivity contribution is 7.90. The van der Waals surface area contributed by atoms with Crippen LogP contribution in [0.3, 0.4) is 0 Å². The number of carbonyl (C=O) groups excluding carboxylic acids is 1. The second-order valence-corrected chi connectivity index (χ2v) is 14.4. The van der Waals surface area contributed by atoms with E-state index in [1.807, 2.05) is 18.2 Å². The highest BCUT2D eigenvalue weighted by atomic mass is 35.5. The fraction of sp³-hybridized carbons (Fsp3) is 0.500. The summed E-state index contributed by atoms with van der Waals surface area (Å²) in [4.78, 5) is 15.5. The molecule has 0 unspecified atom stereocenters. The van der Waals surface area contributed by atoms with Gasteiger partial charge in [0.2, 0.25) is 10.0 Å². The van der Waals surface area contributed by atoms with Crippen LogP contribution >= 0.6 is 11.6 Å². The maximum Gasteiger partial charge on any atom is 0.264 e. The van der Waals surface area contributed by atoms with E-state index in [0.29, 0.717) is 42.6 Å². The molecule has 2 N–H and O–H groups in total. The standard InChI is InChI=1S/C32H38ClN3O5S/c1-21-6-5-14-32(38,20-34)28-12-9-25(28)18-36-15-4-3-7-23-16-27(33)11-8-26(23)19-41-30-13-10-24(17-29(30)36)31(37)35-42(39,40)22(21)2/h5,8,10-11,13-14,16-17,21-22,25,28,38H,3-4,6-7,9,12,15,18-19H2,1-2H3,(H,35,37)/b14-5+/t21-,22+,25-,28+,32+/m0/s1. The van der Waals surface area contributed by atoms with Crippen LogP contribution in [0.5, 0.6) is 5.75 Å². The van der Waals surface area contributed by atoms with Crippen LogP contribution in [0.15, 0.2) is 48.6 Å². The molecule has 10 heteroatoms. The lowest BCUT2D eigenvalue weighted by atomic mass is 9.64. The van der Waals surface area contributed by atoms with Crippen LogP contribution in [0.1, 0.15) is 67.4 Å². The number of ether oxygens (including phenoxy) is 1. The van der Waals surface area contributed by atoms with Crippen LogP contribution in [-0.2, 0) is 23.1 Å². The van der Waals surface area contributed by atoms with Crippen molar-refractivity contribution in [2.24, 2.45) is 17.8 Å². The number of amides is 1. The first-order valence-electron chi connectivity index (χ1n) is 14.7. The van der Waals surface area contributed by atoms with Crippen molar-refractivity contribution in [3.05, 3.63) is 70.3 Å². The lowest BCUT2D eigenvalue weighted by molar-refractivity contribution is -0.00437. The summed E-state index contributed by atoms with van der Waals surface area (Å²) in [6, 6.07) is 12.9. The number of carbonyl (C=O) groups is 1. The largest absolute Gasteiger partial charge is 0.487 e. The fourth-order valence-corrected chi connectivity index (χ4v) is 7.69. The molecule has 2 bridgehead atoms. The van der Waals surface area contributed by atoms with E-state index in [2.05, 4.69) is 15.7 Å². The van der Waals surface area contributed by atoms with E-state index >= 15 is 0 Å². The van der Waals surface area contributed by atoms with Crippen LogP contribution in [0.25, 0.3) is 0 Å². The van der Waals surface area contributed by atoms with Crippen LogP contribution in [0.2, 0.25) is 5.02 Å². The van der Waals surface area contributed by atoms with Crippen molar-refractivity contribution in [1.29, 1.82) is 5.26 Å². The third kappa shape index (κ3) is 6.31. The number of allylic oxidation sites excluding steroid dienone is 1. The van der Waals surface area contributed by atoms with E-state index in [0.717, 1.165) is 43.2 Å². The Hall–Kier alpha value is -3.06. The molecule has 2 aliphatic heterocycles. The van der Waals surface area contributed by atoms with Crippen LogP contribution in [0, 0.1) is 29.1 Å². The summed E-state index contributed by atoms with van der Waals surface area (Å²) in [5.41, 5.74) is 1.44. The monoisotopic (exact) mass is 611 g/mol. The highest BCUT2D eigenvalue weighted by Gasteiger charge is 2.46. The number of rotatable bonds is 0. The number of aliphatic hydroxyl groups is 1. The minimum absolute atomic E-state index is 0.0513. The van der Waals surface area contributed by atoms with Gasteiger partial charge in [0.1, 0.15) is 18.4 Å². The van der Waals surface area contributed by atoms with E-state index in [9.17, 15) is 23.6 Å². The van der Waals surface area contributed by atoms with Gasteiger partial charge in [-0.05, 0) is 105 Å². The Morgan fingerprint density at radius 1 is 1.14 bits per heavy atom. The van der Waals surface area contributed by atoms with Crippen LogP contribution < -0.4 is 14.4 Å². The molecule has 0 aromatic heterocycles. The number of hydrogen-bond acceptors (Lipinski definition) is 7. The topological polar surface area (TPSA) is 120 Å². The van der Waals surface area contributed by atoms with E-state index in [4.69, 9.17) is 16.3 Å². The zero-order valence-corrected chi connectivity index (χ0v) is 25.6. The molecule has 2 aromatic carbocycles. The molecule has 0 spiro atoms. The van der Waals surface area contributed by atoms with Gasteiger partial charge < -0.3 is 14.7 Å². The van der Waals surface area contributed by atoms with Crippen LogP contribution in [0.4, 0.5) is 5.69 Å². The molecule has 5 rings (SSSR count). The van der Waals surface area contributed by atoms with Gasteiger partial charge in [-0.2, -0.15) is 5.26 Å². The molecule has 224 valence electrons. The molecular formula is C32H38ClN3O5S. The number of halogens is 1. The molecule has 1 aliphatic carbocycles. The summed E-state index contributed by atoms with van der Waals surface area (Å²) in [6.45, 7) is 4.88. The van der Waals surface area contributed by atoms with Gasteiger partial charge in [-0.25, -0.2) is 13.1 Å². The molecule has 42 heavy (non-hydrogen) atoms. The number of benzene rings is 2. The third-order valence-electron chi connectivity index (χ3n) is 9.26. The number of hydrogen-bond donors (Lipinski definition) is 2. The van der Waals surface area contributed by atoms with Gasteiger partial charge in [-0.3, -0.25) is 4.79 Å². The summed E-state index contributed by atoms with van der Waals surface area (Å²) >= 11 is 6.29. The van der Waals surface area contributed by atoms with E-state index < -0.39 is 26.8 Å². The zero-order chi connectivity index (χ0) is 30.1. The Balaban J connectivity index is 1.57. The minimum atomic E-state index is -4.00. The Kier molecular flexibility index (Phi) is 8.89. The molecule has 8 nitrogen and oxygen atoms in total. The fourth-order valence-electron chi connectivity index (χ4n) is 6.21.